The lowest BCUT2D eigenvalue weighted by atomic mass is 10.2. The van der Waals surface area contributed by atoms with Gasteiger partial charge in [-0.25, -0.2) is 0 Å². The molecule has 0 radical (unpaired) electrons. The van der Waals surface area contributed by atoms with Crippen molar-refractivity contribution < 1.29 is 5.11 Å². The number of aliphatic hydroxyl groups is 1. The number of aliphatic hydroxyl groups excluding tert-OH is 1. The standard InChI is InChI=1S/C12H18N2OS/c1-2-3-4-7-14-12(16)10(8-13)11(15)9-5-6-9/h9,15H,2-7H2,1H3,(H,14,16). The van der Waals surface area contributed by atoms with E-state index < -0.39 is 0 Å². The molecule has 3 nitrogen and oxygen atoms in total. The van der Waals surface area contributed by atoms with Gasteiger partial charge in [-0.05, 0) is 19.3 Å². The van der Waals surface area contributed by atoms with Crippen LogP contribution >= 0.6 is 12.2 Å². The molecule has 88 valence electrons. The molecule has 0 aliphatic heterocycles. The predicted molar refractivity (Wildman–Crippen MR) is 68.1 cm³/mol. The van der Waals surface area contributed by atoms with Crippen molar-refractivity contribution >= 4 is 17.2 Å². The second kappa shape index (κ2) is 6.49. The van der Waals surface area contributed by atoms with Crippen LogP contribution in [-0.2, 0) is 0 Å². The van der Waals surface area contributed by atoms with Crippen molar-refractivity contribution in [2.24, 2.45) is 5.92 Å². The summed E-state index contributed by atoms with van der Waals surface area (Å²) >= 11 is 5.10. The van der Waals surface area contributed by atoms with Crippen molar-refractivity contribution in [1.29, 1.82) is 5.26 Å². The van der Waals surface area contributed by atoms with Crippen LogP contribution in [0.5, 0.6) is 0 Å². The lowest BCUT2D eigenvalue weighted by molar-refractivity contribution is 0.377. The van der Waals surface area contributed by atoms with E-state index in [1.54, 1.807) is 0 Å². The second-order valence-electron chi connectivity index (χ2n) is 4.11. The van der Waals surface area contributed by atoms with Gasteiger partial charge in [-0.3, -0.25) is 0 Å². The third-order valence-electron chi connectivity index (χ3n) is 2.62. The highest BCUT2D eigenvalue weighted by Gasteiger charge is 2.29. The number of nitrogens with one attached hydrogen (secondary N) is 1. The van der Waals surface area contributed by atoms with Crippen molar-refractivity contribution in [3.63, 3.8) is 0 Å². The van der Waals surface area contributed by atoms with Crippen LogP contribution in [0.2, 0.25) is 0 Å². The van der Waals surface area contributed by atoms with Gasteiger partial charge >= 0.3 is 0 Å². The highest BCUT2D eigenvalue weighted by Crippen LogP contribution is 2.36. The molecule has 0 aromatic rings. The van der Waals surface area contributed by atoms with E-state index in [9.17, 15) is 5.11 Å². The molecule has 0 heterocycles. The fourth-order valence-corrected chi connectivity index (χ4v) is 1.70. The Bertz CT molecular complexity index is 326. The molecule has 1 aliphatic carbocycles. The molecular formula is C12H18N2OS. The van der Waals surface area contributed by atoms with E-state index in [-0.39, 0.29) is 17.3 Å². The molecule has 0 atom stereocenters. The number of rotatable bonds is 6. The minimum Gasteiger partial charge on any atom is -0.511 e. The zero-order valence-electron chi connectivity index (χ0n) is 9.62. The van der Waals surface area contributed by atoms with E-state index in [2.05, 4.69) is 12.2 Å². The van der Waals surface area contributed by atoms with Crippen LogP contribution in [-0.4, -0.2) is 16.6 Å². The van der Waals surface area contributed by atoms with Crippen molar-refractivity contribution in [2.45, 2.75) is 39.0 Å². The van der Waals surface area contributed by atoms with Gasteiger partial charge < -0.3 is 10.4 Å². The Hall–Kier alpha value is -1.08. The summed E-state index contributed by atoms with van der Waals surface area (Å²) in [6, 6.07) is 1.99. The molecule has 1 aliphatic rings. The summed E-state index contributed by atoms with van der Waals surface area (Å²) in [5.41, 5.74) is 0.258. The quantitative estimate of drug-likeness (QED) is 0.246. The highest BCUT2D eigenvalue weighted by molar-refractivity contribution is 7.80. The molecule has 16 heavy (non-hydrogen) atoms. The van der Waals surface area contributed by atoms with Crippen LogP contribution in [0.25, 0.3) is 0 Å². The molecule has 0 unspecified atom stereocenters. The molecule has 0 aromatic carbocycles. The Morgan fingerprint density at radius 1 is 1.50 bits per heavy atom. The minimum absolute atomic E-state index is 0.171. The molecule has 0 spiro atoms. The molecule has 4 heteroatoms. The van der Waals surface area contributed by atoms with E-state index in [1.807, 2.05) is 6.07 Å². The average molecular weight is 238 g/mol. The number of allylic oxidation sites excluding steroid dienone is 1. The lowest BCUT2D eigenvalue weighted by Crippen LogP contribution is -2.25. The van der Waals surface area contributed by atoms with Gasteiger partial charge in [0.1, 0.15) is 22.4 Å². The first-order valence-corrected chi connectivity index (χ1v) is 6.23. The van der Waals surface area contributed by atoms with E-state index in [4.69, 9.17) is 17.5 Å². The van der Waals surface area contributed by atoms with Gasteiger partial charge in [0.15, 0.2) is 0 Å². The number of unbranched alkanes of at least 4 members (excludes halogenated alkanes) is 2. The van der Waals surface area contributed by atoms with Gasteiger partial charge in [-0.1, -0.05) is 32.0 Å². The fourth-order valence-electron chi connectivity index (χ4n) is 1.45. The van der Waals surface area contributed by atoms with Crippen LogP contribution in [0.1, 0.15) is 39.0 Å². The first kappa shape index (κ1) is 13.0. The molecule has 0 bridgehead atoms. The molecule has 0 aromatic heterocycles. The smallest absolute Gasteiger partial charge is 0.124 e. The minimum atomic E-state index is 0.171. The van der Waals surface area contributed by atoms with Gasteiger partial charge in [0.25, 0.3) is 0 Å². The van der Waals surface area contributed by atoms with Crippen molar-refractivity contribution in [2.75, 3.05) is 6.54 Å². The summed E-state index contributed by atoms with van der Waals surface area (Å²) < 4.78 is 0. The molecule has 0 saturated heterocycles. The fraction of sp³-hybridized carbons (Fsp3) is 0.667. The molecule has 1 fully saturated rings. The van der Waals surface area contributed by atoms with Crippen LogP contribution in [0.4, 0.5) is 0 Å². The average Bonchev–Trinajstić information content (AvgIpc) is 3.09. The molecule has 2 N–H and O–H groups in total. The predicted octanol–water partition coefficient (Wildman–Crippen LogP) is 2.84. The van der Waals surface area contributed by atoms with Crippen molar-refractivity contribution in [1.82, 2.24) is 5.32 Å². The Morgan fingerprint density at radius 2 is 2.19 bits per heavy atom. The molecule has 1 saturated carbocycles. The van der Waals surface area contributed by atoms with Crippen LogP contribution < -0.4 is 5.32 Å². The summed E-state index contributed by atoms with van der Waals surface area (Å²) in [7, 11) is 0. The second-order valence-corrected chi connectivity index (χ2v) is 4.52. The van der Waals surface area contributed by atoms with Crippen molar-refractivity contribution in [3.05, 3.63) is 11.3 Å². The normalized spacial score (nSPS) is 16.2. The van der Waals surface area contributed by atoms with Gasteiger partial charge in [0.05, 0.1) is 0 Å². The van der Waals surface area contributed by atoms with Crippen molar-refractivity contribution in [3.8, 4) is 6.07 Å². The first-order valence-electron chi connectivity index (χ1n) is 5.82. The van der Waals surface area contributed by atoms with E-state index in [0.717, 1.165) is 38.6 Å². The summed E-state index contributed by atoms with van der Waals surface area (Å²) in [5, 5.41) is 21.7. The third kappa shape index (κ3) is 3.82. The van der Waals surface area contributed by atoms with Gasteiger partial charge in [0.2, 0.25) is 0 Å². The number of nitrogens with zero attached hydrogens (tertiary/aromatic N) is 1. The summed E-state index contributed by atoms with van der Waals surface area (Å²) in [5.74, 6) is 0.348. The Balaban J connectivity index is 2.44. The number of hydrogen-bond acceptors (Lipinski definition) is 3. The molecule has 0 amide bonds. The summed E-state index contributed by atoms with van der Waals surface area (Å²) in [6.07, 6.45) is 5.28. The molecule has 1 rings (SSSR count). The van der Waals surface area contributed by atoms with Crippen LogP contribution in [0, 0.1) is 17.2 Å². The lowest BCUT2D eigenvalue weighted by Gasteiger charge is -2.08. The maximum absolute atomic E-state index is 9.75. The maximum atomic E-state index is 9.75. The SMILES string of the molecule is CCCCCNC(=S)C(C#N)=C(O)C1CC1. The van der Waals surface area contributed by atoms with E-state index >= 15 is 0 Å². The third-order valence-corrected chi connectivity index (χ3v) is 2.97. The van der Waals surface area contributed by atoms with Gasteiger partial charge in [-0.15, -0.1) is 0 Å². The zero-order valence-corrected chi connectivity index (χ0v) is 10.4. The number of thiocarbonyl (C=S) groups is 1. The van der Waals surface area contributed by atoms with Gasteiger partial charge in [-0.2, -0.15) is 5.26 Å². The Labute approximate surface area is 102 Å². The molecular weight excluding hydrogens is 220 g/mol. The maximum Gasteiger partial charge on any atom is 0.124 e. The summed E-state index contributed by atoms with van der Waals surface area (Å²) in [6.45, 7) is 2.91. The highest BCUT2D eigenvalue weighted by atomic mass is 32.1. The van der Waals surface area contributed by atoms with E-state index in [0.29, 0.717) is 4.99 Å². The monoisotopic (exact) mass is 238 g/mol. The number of nitriles is 1. The first-order chi connectivity index (χ1) is 7.70. The zero-order chi connectivity index (χ0) is 12.0. The summed E-state index contributed by atoms with van der Waals surface area (Å²) in [4.78, 5) is 0.392. The van der Waals surface area contributed by atoms with Crippen LogP contribution in [0.3, 0.4) is 0 Å². The topological polar surface area (TPSA) is 56.0 Å². The van der Waals surface area contributed by atoms with Gasteiger partial charge in [0, 0.05) is 12.5 Å². The largest absolute Gasteiger partial charge is 0.511 e. The Kier molecular flexibility index (Phi) is 5.27. The van der Waals surface area contributed by atoms with Crippen LogP contribution in [0.15, 0.2) is 11.3 Å². The van der Waals surface area contributed by atoms with E-state index in [1.165, 1.54) is 0 Å². The Morgan fingerprint density at radius 3 is 2.69 bits per heavy atom. The number of hydrogen-bond donors (Lipinski definition) is 2.